The quantitative estimate of drug-likeness (QED) is 0.129. The van der Waals surface area contributed by atoms with Crippen molar-refractivity contribution in [3.05, 3.63) is 113 Å². The fourth-order valence-corrected chi connectivity index (χ4v) is 7.32. The number of halogens is 3. The lowest BCUT2D eigenvalue weighted by atomic mass is 9.73. The summed E-state index contributed by atoms with van der Waals surface area (Å²) in [4.78, 5) is 65.5. The van der Waals surface area contributed by atoms with E-state index in [1.807, 2.05) is 0 Å². The van der Waals surface area contributed by atoms with Gasteiger partial charge in [-0.05, 0) is 49.1 Å². The molecular formula is C31H25Cl2FN4O8. The fourth-order valence-electron chi connectivity index (χ4n) is 6.96. The van der Waals surface area contributed by atoms with E-state index in [4.69, 9.17) is 23.2 Å². The van der Waals surface area contributed by atoms with Crippen molar-refractivity contribution in [3.8, 4) is 0 Å². The molecule has 46 heavy (non-hydrogen) atoms. The fraction of sp³-hybridized carbons (Fsp3) is 0.323. The lowest BCUT2D eigenvalue weighted by molar-refractivity contribution is -0.528. The van der Waals surface area contributed by atoms with Gasteiger partial charge in [0, 0.05) is 45.8 Å². The Kier molecular flexibility index (Phi) is 8.03. The molecule has 1 unspecified atom stereocenters. The minimum Gasteiger partial charge on any atom is -0.465 e. The summed E-state index contributed by atoms with van der Waals surface area (Å²) in [5, 5.41) is 27.9. The summed E-state index contributed by atoms with van der Waals surface area (Å²) in [6.45, 7) is 0.153. The van der Waals surface area contributed by atoms with Gasteiger partial charge in [0.05, 0.1) is 40.1 Å². The van der Waals surface area contributed by atoms with E-state index in [1.165, 1.54) is 36.4 Å². The molecule has 0 aromatic heterocycles. The lowest BCUT2D eigenvalue weighted by Gasteiger charge is -2.38. The number of carbonyl (C=O) groups excluding carboxylic acids is 3. The van der Waals surface area contributed by atoms with Gasteiger partial charge in [-0.15, -0.1) is 0 Å². The van der Waals surface area contributed by atoms with Gasteiger partial charge in [0.1, 0.15) is 11.4 Å². The average molecular weight is 671 g/mol. The maximum atomic E-state index is 15.9. The monoisotopic (exact) mass is 670 g/mol. The lowest BCUT2D eigenvalue weighted by Crippen LogP contribution is -2.53. The second-order valence-corrected chi connectivity index (χ2v) is 12.4. The van der Waals surface area contributed by atoms with Crippen molar-refractivity contribution >= 4 is 52.2 Å². The summed E-state index contributed by atoms with van der Waals surface area (Å²) < 4.78 is 20.6. The van der Waals surface area contributed by atoms with Crippen LogP contribution in [0.15, 0.2) is 54.6 Å². The number of likely N-dealkylation sites (tertiary alicyclic amines) is 1. The van der Waals surface area contributed by atoms with Crippen molar-refractivity contribution in [3.63, 3.8) is 0 Å². The minimum atomic E-state index is -1.86. The number of rotatable bonds is 9. The molecule has 3 aliphatic rings. The Morgan fingerprint density at radius 1 is 1.11 bits per heavy atom. The standard InChI is InChI=1S/C31H25Cl2FN4O8/c1-46-29(40)16-7-9-18(23(11-16)37(42)43)25(39)13-24-28(38(44)45)26(19-3-2-4-21(33)27(19)34)31(36(24)14-15-5-6-15)20-10-8-17(32)12-22(20)35-30(31)41/h2-4,7-12,15,24,26,28H,5-6,13-14H2,1H3,(H,35,41)/t24-,26-,28?,31+/m0/s1. The van der Waals surface area contributed by atoms with Crippen LogP contribution in [0.4, 0.5) is 15.8 Å². The van der Waals surface area contributed by atoms with Gasteiger partial charge < -0.3 is 10.1 Å². The van der Waals surface area contributed by atoms with E-state index in [0.717, 1.165) is 32.1 Å². The highest BCUT2D eigenvalue weighted by Crippen LogP contribution is 2.59. The molecule has 4 atom stereocenters. The predicted molar refractivity (Wildman–Crippen MR) is 163 cm³/mol. The van der Waals surface area contributed by atoms with Gasteiger partial charge in [-0.1, -0.05) is 41.4 Å². The Hall–Kier alpha value is -4.46. The topological polar surface area (TPSA) is 162 Å². The number of esters is 1. The Balaban J connectivity index is 1.56. The van der Waals surface area contributed by atoms with Gasteiger partial charge in [0.15, 0.2) is 5.78 Å². The maximum absolute atomic E-state index is 15.9. The molecule has 2 fully saturated rings. The van der Waals surface area contributed by atoms with Crippen molar-refractivity contribution in [2.24, 2.45) is 5.92 Å². The molecule has 0 radical (unpaired) electrons. The molecule has 1 spiro atoms. The molecule has 2 aliphatic heterocycles. The number of nitrogens with one attached hydrogen (secondary N) is 1. The van der Waals surface area contributed by atoms with Crippen LogP contribution < -0.4 is 5.32 Å². The van der Waals surface area contributed by atoms with Crippen LogP contribution in [0.5, 0.6) is 0 Å². The minimum absolute atomic E-state index is 0.0302. The zero-order valence-electron chi connectivity index (χ0n) is 24.1. The second kappa shape index (κ2) is 11.7. The number of fused-ring (bicyclic) bond motifs is 2. The van der Waals surface area contributed by atoms with Crippen LogP contribution in [0.3, 0.4) is 0 Å². The van der Waals surface area contributed by atoms with Crippen LogP contribution in [0.1, 0.15) is 57.0 Å². The molecule has 3 aromatic carbocycles. The summed E-state index contributed by atoms with van der Waals surface area (Å²) in [6, 6.07) is 8.74. The van der Waals surface area contributed by atoms with Crippen LogP contribution in [0.25, 0.3) is 0 Å². The Labute approximate surface area is 270 Å². The average Bonchev–Trinajstić information content (AvgIpc) is 3.74. The van der Waals surface area contributed by atoms with Crippen molar-refractivity contribution < 1.29 is 33.4 Å². The summed E-state index contributed by atoms with van der Waals surface area (Å²) in [5.41, 5.74) is -2.69. The van der Waals surface area contributed by atoms with E-state index in [1.54, 1.807) is 11.0 Å². The maximum Gasteiger partial charge on any atom is 0.338 e. The van der Waals surface area contributed by atoms with Crippen molar-refractivity contribution in [1.29, 1.82) is 0 Å². The summed E-state index contributed by atoms with van der Waals surface area (Å²) in [7, 11) is 1.10. The number of benzene rings is 3. The number of nitro groups is 2. The Morgan fingerprint density at radius 2 is 1.85 bits per heavy atom. The molecular weight excluding hydrogens is 646 g/mol. The number of amides is 1. The molecule has 1 aliphatic carbocycles. The third-order valence-corrected chi connectivity index (χ3v) is 9.58. The number of carbonyl (C=O) groups is 3. The third kappa shape index (κ3) is 4.99. The largest absolute Gasteiger partial charge is 0.465 e. The first kappa shape index (κ1) is 31.5. The van der Waals surface area contributed by atoms with E-state index in [-0.39, 0.29) is 44.9 Å². The van der Waals surface area contributed by atoms with Gasteiger partial charge in [-0.25, -0.2) is 9.18 Å². The molecule has 0 bridgehead atoms. The first-order valence-electron chi connectivity index (χ1n) is 14.3. The molecule has 1 N–H and O–H groups in total. The SMILES string of the molecule is COC(=O)c1ccc(C(=O)C[C@H]2C([N+](=O)[O-])[C@H](c3cccc(Cl)c3F)[C@]3(C(=O)Nc4cc(Cl)ccc43)N2CC2CC2)c([N+](=O)[O-])c1. The number of ketones is 1. The second-order valence-electron chi connectivity index (χ2n) is 11.6. The number of nitro benzene ring substituents is 1. The number of hydrogen-bond acceptors (Lipinski definition) is 9. The van der Waals surface area contributed by atoms with Crippen molar-refractivity contribution in [2.45, 2.75) is 42.8 Å². The number of anilines is 1. The molecule has 1 amide bonds. The molecule has 1 saturated carbocycles. The highest BCUT2D eigenvalue weighted by Gasteiger charge is 2.71. The zero-order valence-corrected chi connectivity index (χ0v) is 25.6. The van der Waals surface area contributed by atoms with Gasteiger partial charge in [0.2, 0.25) is 6.04 Å². The van der Waals surface area contributed by atoms with Gasteiger partial charge >= 0.3 is 5.97 Å². The first-order chi connectivity index (χ1) is 21.9. The first-order valence-corrected chi connectivity index (χ1v) is 15.0. The molecule has 12 nitrogen and oxygen atoms in total. The zero-order chi connectivity index (χ0) is 33.1. The number of hydrogen-bond donors (Lipinski definition) is 1. The summed E-state index contributed by atoms with van der Waals surface area (Å²) >= 11 is 12.4. The van der Waals surface area contributed by atoms with Crippen LogP contribution in [-0.2, 0) is 15.1 Å². The summed E-state index contributed by atoms with van der Waals surface area (Å²) in [5.74, 6) is -4.74. The number of nitrogens with zero attached hydrogens (tertiary/aromatic N) is 3. The van der Waals surface area contributed by atoms with E-state index in [0.29, 0.717) is 5.56 Å². The van der Waals surface area contributed by atoms with Crippen LogP contribution in [-0.4, -0.2) is 58.1 Å². The number of Topliss-reactive ketones (excluding diaryl/α,β-unsaturated/α-hetero) is 1. The summed E-state index contributed by atoms with van der Waals surface area (Å²) in [6.07, 6.45) is 0.900. The molecule has 3 aromatic rings. The Morgan fingerprint density at radius 3 is 2.50 bits per heavy atom. The van der Waals surface area contributed by atoms with Crippen LogP contribution in [0, 0.1) is 32.0 Å². The van der Waals surface area contributed by atoms with E-state index in [2.05, 4.69) is 10.1 Å². The van der Waals surface area contributed by atoms with Gasteiger partial charge in [0.25, 0.3) is 11.6 Å². The molecule has 1 saturated heterocycles. The van der Waals surface area contributed by atoms with Crippen LogP contribution in [0.2, 0.25) is 10.0 Å². The van der Waals surface area contributed by atoms with E-state index in [9.17, 15) is 34.6 Å². The van der Waals surface area contributed by atoms with Gasteiger partial charge in [-0.2, -0.15) is 0 Å². The predicted octanol–water partition coefficient (Wildman–Crippen LogP) is 5.77. The molecule has 6 rings (SSSR count). The highest BCUT2D eigenvalue weighted by atomic mass is 35.5. The molecule has 15 heteroatoms. The smallest absolute Gasteiger partial charge is 0.338 e. The Bertz CT molecular complexity index is 1840. The van der Waals surface area contributed by atoms with Gasteiger partial charge in [-0.3, -0.25) is 34.7 Å². The van der Waals surface area contributed by atoms with Crippen molar-refractivity contribution in [2.75, 3.05) is 19.0 Å². The molecule has 238 valence electrons. The molecule has 2 heterocycles. The third-order valence-electron chi connectivity index (χ3n) is 9.05. The number of ether oxygens (including phenoxy) is 1. The number of methoxy groups -OCH3 is 1. The highest BCUT2D eigenvalue weighted by molar-refractivity contribution is 6.31. The van der Waals surface area contributed by atoms with Crippen molar-refractivity contribution in [1.82, 2.24) is 4.90 Å². The van der Waals surface area contributed by atoms with Crippen LogP contribution >= 0.6 is 23.2 Å². The van der Waals surface area contributed by atoms with E-state index >= 15 is 4.39 Å². The van der Waals surface area contributed by atoms with E-state index < -0.39 is 69.0 Å². The normalized spacial score (nSPS) is 23.7.